The standard InChI is InChI=1S/C7H14O.C4H6O6.C3H8O2.C3H6/c1-3-4-5-6-7(2)8;5-3(6)9-1-2-10-4(7)8;1-5-3-2-4;1-3-2/h3-6H2,1-2H3;1-2H2,(H,5,6)(H,7,8);4H,2-3H2,1H3;3H,1H2,2H3. The van der Waals surface area contributed by atoms with Gasteiger partial charge in [-0.3, -0.25) is 0 Å². The Morgan fingerprint density at radius 1 is 1.00 bits per heavy atom. The number of unbranched alkanes of at least 4 members (excludes halogenated alkanes) is 2. The zero-order valence-electron chi connectivity index (χ0n) is 16.2. The summed E-state index contributed by atoms with van der Waals surface area (Å²) in [5.74, 6) is 0.318. The fraction of sp³-hybridized carbons (Fsp3) is 0.706. The van der Waals surface area contributed by atoms with Gasteiger partial charge in [0.25, 0.3) is 0 Å². The summed E-state index contributed by atoms with van der Waals surface area (Å²) < 4.78 is 12.3. The molecule has 0 aliphatic carbocycles. The van der Waals surface area contributed by atoms with E-state index >= 15 is 0 Å². The summed E-state index contributed by atoms with van der Waals surface area (Å²) in [5, 5.41) is 23.6. The molecule has 0 radical (unpaired) electrons. The maximum atomic E-state index is 10.3. The number of ketones is 1. The van der Waals surface area contributed by atoms with E-state index in [1.54, 1.807) is 20.1 Å². The zero-order valence-corrected chi connectivity index (χ0v) is 16.2. The number of aliphatic hydroxyl groups is 1. The molecule has 0 spiro atoms. The number of Topliss-reactive ketones (excluding diaryl/α,β-unsaturated/α-hetero) is 1. The monoisotopic (exact) mass is 382 g/mol. The molecule has 0 unspecified atom stereocenters. The molecule has 156 valence electrons. The smallest absolute Gasteiger partial charge is 0.450 e. The van der Waals surface area contributed by atoms with Crippen molar-refractivity contribution in [3.8, 4) is 0 Å². The molecule has 0 saturated heterocycles. The molecule has 0 aromatic carbocycles. The van der Waals surface area contributed by atoms with E-state index in [9.17, 15) is 14.4 Å². The van der Waals surface area contributed by atoms with Gasteiger partial charge in [-0.05, 0) is 20.3 Å². The maximum absolute atomic E-state index is 10.3. The van der Waals surface area contributed by atoms with Crippen LogP contribution in [0.5, 0.6) is 0 Å². The lowest BCUT2D eigenvalue weighted by Gasteiger charge is -1.98. The van der Waals surface area contributed by atoms with Crippen molar-refractivity contribution >= 4 is 18.1 Å². The first kappa shape index (κ1) is 31.6. The Morgan fingerprint density at radius 3 is 1.62 bits per heavy atom. The number of aliphatic hydroxyl groups excluding tert-OH is 1. The Kier molecular flexibility index (Phi) is 37.4. The largest absolute Gasteiger partial charge is 0.505 e. The number of rotatable bonds is 9. The molecule has 3 N–H and O–H groups in total. The van der Waals surface area contributed by atoms with Crippen LogP contribution in [0.2, 0.25) is 0 Å². The van der Waals surface area contributed by atoms with Crippen LogP contribution in [0.4, 0.5) is 9.59 Å². The van der Waals surface area contributed by atoms with Gasteiger partial charge in [-0.25, -0.2) is 9.59 Å². The second kappa shape index (κ2) is 30.7. The first-order valence-electron chi connectivity index (χ1n) is 8.10. The molecule has 9 heteroatoms. The molecule has 0 aromatic rings. The number of hydrogen-bond donors (Lipinski definition) is 3. The van der Waals surface area contributed by atoms with Crippen molar-refractivity contribution in [2.45, 2.75) is 46.5 Å². The number of carboxylic acid groups (broad SMARTS) is 2. The normalized spacial score (nSPS) is 8.19. The van der Waals surface area contributed by atoms with Crippen LogP contribution >= 0.6 is 0 Å². The molecular weight excluding hydrogens is 348 g/mol. The SMILES string of the molecule is C=CC.CCCCCC(C)=O.COCCO.O=C(O)OCCOC(=O)O. The Balaban J connectivity index is -0.000000135. The third-order valence-electron chi connectivity index (χ3n) is 1.96. The summed E-state index contributed by atoms with van der Waals surface area (Å²) in [6.45, 7) is 9.05. The highest BCUT2D eigenvalue weighted by molar-refractivity contribution is 5.75. The predicted octanol–water partition coefficient (Wildman–Crippen LogP) is 3.35. The number of methoxy groups -OCH3 is 1. The van der Waals surface area contributed by atoms with Gasteiger partial charge in [0.15, 0.2) is 0 Å². The summed E-state index contributed by atoms with van der Waals surface area (Å²) in [4.78, 5) is 29.6. The molecule has 0 amide bonds. The van der Waals surface area contributed by atoms with Crippen LogP contribution < -0.4 is 0 Å². The van der Waals surface area contributed by atoms with E-state index < -0.39 is 12.3 Å². The Morgan fingerprint density at radius 2 is 1.42 bits per heavy atom. The van der Waals surface area contributed by atoms with Crippen LogP contribution in [0.3, 0.4) is 0 Å². The molecule has 0 fully saturated rings. The topological polar surface area (TPSA) is 140 Å². The lowest BCUT2D eigenvalue weighted by molar-refractivity contribution is -0.117. The van der Waals surface area contributed by atoms with E-state index in [4.69, 9.17) is 15.3 Å². The lowest BCUT2D eigenvalue weighted by atomic mass is 10.2. The molecule has 0 rings (SSSR count). The van der Waals surface area contributed by atoms with Crippen LogP contribution in [0, 0.1) is 0 Å². The molecule has 0 saturated carbocycles. The molecule has 0 aliphatic heterocycles. The molecule has 0 aliphatic rings. The van der Waals surface area contributed by atoms with Gasteiger partial charge in [-0.15, -0.1) is 6.58 Å². The van der Waals surface area contributed by atoms with Gasteiger partial charge in [0.1, 0.15) is 19.0 Å². The van der Waals surface area contributed by atoms with Gasteiger partial charge in [0.2, 0.25) is 0 Å². The van der Waals surface area contributed by atoms with Crippen molar-refractivity contribution in [1.82, 2.24) is 0 Å². The molecule has 0 bridgehead atoms. The van der Waals surface area contributed by atoms with Gasteiger partial charge >= 0.3 is 12.3 Å². The van der Waals surface area contributed by atoms with Crippen molar-refractivity contribution in [3.63, 3.8) is 0 Å². The molecule has 0 atom stereocenters. The zero-order chi connectivity index (χ0) is 21.2. The third-order valence-corrected chi connectivity index (χ3v) is 1.96. The average molecular weight is 382 g/mol. The summed E-state index contributed by atoms with van der Waals surface area (Å²) in [6, 6.07) is 0. The number of ether oxygens (including phenoxy) is 3. The van der Waals surface area contributed by atoms with Crippen LogP contribution in [0.25, 0.3) is 0 Å². The van der Waals surface area contributed by atoms with E-state index in [1.807, 2.05) is 6.92 Å². The van der Waals surface area contributed by atoms with Crippen molar-refractivity contribution < 1.29 is 43.9 Å². The van der Waals surface area contributed by atoms with Crippen molar-refractivity contribution in [1.29, 1.82) is 0 Å². The molecule has 9 nitrogen and oxygen atoms in total. The van der Waals surface area contributed by atoms with E-state index in [2.05, 4.69) is 27.7 Å². The highest BCUT2D eigenvalue weighted by Crippen LogP contribution is 1.98. The predicted molar refractivity (Wildman–Crippen MR) is 97.6 cm³/mol. The van der Waals surface area contributed by atoms with Crippen LogP contribution in [-0.2, 0) is 19.0 Å². The fourth-order valence-electron chi connectivity index (χ4n) is 0.973. The fourth-order valence-corrected chi connectivity index (χ4v) is 0.973. The first-order valence-corrected chi connectivity index (χ1v) is 8.10. The Labute approximate surface area is 155 Å². The van der Waals surface area contributed by atoms with E-state index in [-0.39, 0.29) is 19.8 Å². The quantitative estimate of drug-likeness (QED) is 0.311. The number of hydrogen-bond acceptors (Lipinski definition) is 7. The molecule has 0 aromatic heterocycles. The molecular formula is C17H34O9. The van der Waals surface area contributed by atoms with Crippen LogP contribution in [0.1, 0.15) is 46.5 Å². The summed E-state index contributed by atoms with van der Waals surface area (Å²) in [5.41, 5.74) is 0. The summed E-state index contributed by atoms with van der Waals surface area (Å²) in [6.07, 6.45) is 3.09. The second-order valence-corrected chi connectivity index (χ2v) is 4.51. The van der Waals surface area contributed by atoms with Crippen molar-refractivity contribution in [3.05, 3.63) is 12.7 Å². The maximum Gasteiger partial charge on any atom is 0.505 e. The van der Waals surface area contributed by atoms with E-state index in [0.29, 0.717) is 12.4 Å². The van der Waals surface area contributed by atoms with E-state index in [0.717, 1.165) is 12.8 Å². The molecule has 0 heterocycles. The van der Waals surface area contributed by atoms with Crippen molar-refractivity contribution in [2.24, 2.45) is 0 Å². The average Bonchev–Trinajstić information content (AvgIpc) is 2.54. The minimum Gasteiger partial charge on any atom is -0.450 e. The van der Waals surface area contributed by atoms with Gasteiger partial charge in [-0.2, -0.15) is 0 Å². The minimum absolute atomic E-state index is 0.122. The Hall–Kier alpha value is -2.13. The van der Waals surface area contributed by atoms with Gasteiger partial charge in [-0.1, -0.05) is 25.8 Å². The second-order valence-electron chi connectivity index (χ2n) is 4.51. The minimum atomic E-state index is -1.45. The summed E-state index contributed by atoms with van der Waals surface area (Å²) in [7, 11) is 1.55. The highest BCUT2D eigenvalue weighted by atomic mass is 16.7. The molecule has 26 heavy (non-hydrogen) atoms. The van der Waals surface area contributed by atoms with Crippen LogP contribution in [-0.4, -0.2) is 67.0 Å². The van der Waals surface area contributed by atoms with Gasteiger partial charge in [0, 0.05) is 13.5 Å². The van der Waals surface area contributed by atoms with E-state index in [1.165, 1.54) is 12.8 Å². The summed E-state index contributed by atoms with van der Waals surface area (Å²) >= 11 is 0. The van der Waals surface area contributed by atoms with Crippen molar-refractivity contribution in [2.75, 3.05) is 33.5 Å². The van der Waals surface area contributed by atoms with Gasteiger partial charge in [0.05, 0.1) is 13.2 Å². The third kappa shape index (κ3) is 67.6. The number of allylic oxidation sites excluding steroid dienone is 1. The highest BCUT2D eigenvalue weighted by Gasteiger charge is 1.98. The number of carbonyl (C=O) groups is 3. The first-order chi connectivity index (χ1) is 12.2. The van der Waals surface area contributed by atoms with Gasteiger partial charge < -0.3 is 34.3 Å². The lowest BCUT2D eigenvalue weighted by Crippen LogP contribution is -2.10. The van der Waals surface area contributed by atoms with Crippen LogP contribution in [0.15, 0.2) is 12.7 Å². The Bertz CT molecular complexity index is 312. The number of carbonyl (C=O) groups excluding carboxylic acids is 1.